The molecule has 6 heteroatoms. The van der Waals surface area contributed by atoms with Crippen LogP contribution in [0.2, 0.25) is 0 Å². The number of nitrogens with one attached hydrogen (secondary N) is 1. The van der Waals surface area contributed by atoms with Gasteiger partial charge in [0, 0.05) is 17.2 Å². The summed E-state index contributed by atoms with van der Waals surface area (Å²) in [6.07, 6.45) is 1.96. The van der Waals surface area contributed by atoms with Crippen molar-refractivity contribution in [1.29, 1.82) is 5.26 Å². The molecule has 0 saturated heterocycles. The molecule has 1 atom stereocenters. The van der Waals surface area contributed by atoms with Gasteiger partial charge in [0.15, 0.2) is 0 Å². The van der Waals surface area contributed by atoms with Gasteiger partial charge in [0.2, 0.25) is 0 Å². The number of carbonyl (C=O) groups is 1. The van der Waals surface area contributed by atoms with Crippen LogP contribution < -0.4 is 10.1 Å². The van der Waals surface area contributed by atoms with Crippen molar-refractivity contribution in [3.8, 4) is 11.8 Å². The number of nitriles is 1. The topological polar surface area (TPSA) is 62.1 Å². The molecule has 1 amide bonds. The average molecular weight is 344 g/mol. The maximum absolute atomic E-state index is 13.8. The molecule has 2 rings (SSSR count). The van der Waals surface area contributed by atoms with Crippen LogP contribution in [0.4, 0.5) is 8.78 Å². The van der Waals surface area contributed by atoms with Crippen LogP contribution in [0, 0.1) is 23.0 Å². The third-order valence-electron chi connectivity index (χ3n) is 3.56. The first kappa shape index (κ1) is 18.4. The average Bonchev–Trinajstić information content (AvgIpc) is 2.61. The van der Waals surface area contributed by atoms with Gasteiger partial charge >= 0.3 is 0 Å². The highest BCUT2D eigenvalue weighted by atomic mass is 19.1. The van der Waals surface area contributed by atoms with E-state index in [1.807, 2.05) is 0 Å². The third kappa shape index (κ3) is 5.01. The molecule has 0 saturated carbocycles. The lowest BCUT2D eigenvalue weighted by Gasteiger charge is -2.13. The van der Waals surface area contributed by atoms with Crippen molar-refractivity contribution < 1.29 is 18.3 Å². The van der Waals surface area contributed by atoms with Gasteiger partial charge in [0.1, 0.15) is 23.4 Å². The molecule has 4 nitrogen and oxygen atoms in total. The van der Waals surface area contributed by atoms with Crippen molar-refractivity contribution >= 4 is 5.91 Å². The Morgan fingerprint density at radius 3 is 2.56 bits per heavy atom. The highest BCUT2D eigenvalue weighted by Crippen LogP contribution is 2.19. The maximum Gasteiger partial charge on any atom is 0.252 e. The summed E-state index contributed by atoms with van der Waals surface area (Å²) in [4.78, 5) is 12.2. The van der Waals surface area contributed by atoms with Crippen LogP contribution in [-0.4, -0.2) is 12.5 Å². The van der Waals surface area contributed by atoms with Crippen molar-refractivity contribution in [3.63, 3.8) is 0 Å². The number of nitrogens with zero attached hydrogens (tertiary/aromatic N) is 1. The van der Waals surface area contributed by atoms with E-state index in [4.69, 9.17) is 4.74 Å². The Hall–Kier alpha value is -2.94. The molecule has 1 N–H and O–H groups in total. The summed E-state index contributed by atoms with van der Waals surface area (Å²) in [5.74, 6) is -1.52. The number of benzene rings is 2. The molecule has 0 bridgehead atoms. The fraction of sp³-hybridized carbons (Fsp3) is 0.263. The number of hydrogen-bond acceptors (Lipinski definition) is 3. The van der Waals surface area contributed by atoms with Crippen molar-refractivity contribution in [1.82, 2.24) is 5.32 Å². The molecule has 0 spiro atoms. The van der Waals surface area contributed by atoms with Gasteiger partial charge in [-0.15, -0.1) is 0 Å². The molecule has 130 valence electrons. The number of carbonyl (C=O) groups excluding carboxylic acids is 1. The Kier molecular flexibility index (Phi) is 6.47. The largest absolute Gasteiger partial charge is 0.494 e. The van der Waals surface area contributed by atoms with Crippen molar-refractivity contribution in [2.45, 2.75) is 25.8 Å². The van der Waals surface area contributed by atoms with E-state index in [1.165, 1.54) is 0 Å². The second-order valence-corrected chi connectivity index (χ2v) is 5.43. The summed E-state index contributed by atoms with van der Waals surface area (Å²) in [5.41, 5.74) is 0.224. The standard InChI is InChI=1S/C19H18F2N2O2/c1-2-3-10-25-15-7-4-13(5-8-15)19(24)23-18(12-22)16-9-6-14(20)11-17(16)21/h4-9,11,18H,2-3,10H2,1H3,(H,23,24). The fourth-order valence-electron chi connectivity index (χ4n) is 2.17. The summed E-state index contributed by atoms with van der Waals surface area (Å²) in [5, 5.41) is 11.6. The molecule has 2 aromatic rings. The van der Waals surface area contributed by atoms with Gasteiger partial charge in [-0.05, 0) is 36.8 Å². The first-order chi connectivity index (χ1) is 12.0. The van der Waals surface area contributed by atoms with Crippen molar-refractivity contribution in [2.75, 3.05) is 6.61 Å². The smallest absolute Gasteiger partial charge is 0.252 e. The quantitative estimate of drug-likeness (QED) is 0.768. The second kappa shape index (κ2) is 8.78. The van der Waals surface area contributed by atoms with E-state index in [9.17, 15) is 18.8 Å². The monoisotopic (exact) mass is 344 g/mol. The molecule has 0 aromatic heterocycles. The molecule has 0 fully saturated rings. The van der Waals surface area contributed by atoms with E-state index in [0.717, 1.165) is 25.0 Å². The molecule has 0 heterocycles. The zero-order valence-corrected chi connectivity index (χ0v) is 13.8. The summed E-state index contributed by atoms with van der Waals surface area (Å²) in [6.45, 7) is 2.66. The first-order valence-electron chi connectivity index (χ1n) is 7.93. The van der Waals surface area contributed by atoms with E-state index in [1.54, 1.807) is 30.3 Å². The number of halogens is 2. The number of ether oxygens (including phenoxy) is 1. The van der Waals surface area contributed by atoms with Crippen LogP contribution in [0.25, 0.3) is 0 Å². The van der Waals surface area contributed by atoms with Crippen LogP contribution in [-0.2, 0) is 0 Å². The highest BCUT2D eigenvalue weighted by Gasteiger charge is 2.19. The van der Waals surface area contributed by atoms with E-state index in [2.05, 4.69) is 12.2 Å². The zero-order chi connectivity index (χ0) is 18.2. The number of hydrogen-bond donors (Lipinski definition) is 1. The second-order valence-electron chi connectivity index (χ2n) is 5.43. The lowest BCUT2D eigenvalue weighted by Crippen LogP contribution is -2.28. The predicted molar refractivity (Wildman–Crippen MR) is 89.0 cm³/mol. The van der Waals surface area contributed by atoms with Crippen LogP contribution >= 0.6 is 0 Å². The van der Waals surface area contributed by atoms with Gasteiger partial charge in [-0.2, -0.15) is 5.26 Å². The SMILES string of the molecule is CCCCOc1ccc(C(=O)NC(C#N)c2ccc(F)cc2F)cc1. The molecule has 1 unspecified atom stereocenters. The van der Waals surface area contributed by atoms with E-state index in [-0.39, 0.29) is 5.56 Å². The van der Waals surface area contributed by atoms with Gasteiger partial charge in [-0.1, -0.05) is 19.4 Å². The predicted octanol–water partition coefficient (Wildman–Crippen LogP) is 4.14. The lowest BCUT2D eigenvalue weighted by atomic mass is 10.1. The Bertz CT molecular complexity index is 770. The van der Waals surface area contributed by atoms with Gasteiger partial charge in [0.25, 0.3) is 5.91 Å². The minimum absolute atomic E-state index is 0.0863. The van der Waals surface area contributed by atoms with Crippen LogP contribution in [0.3, 0.4) is 0 Å². The zero-order valence-electron chi connectivity index (χ0n) is 13.8. The molecule has 25 heavy (non-hydrogen) atoms. The summed E-state index contributed by atoms with van der Waals surface area (Å²) in [6, 6.07) is 9.89. The van der Waals surface area contributed by atoms with Crippen LogP contribution in [0.5, 0.6) is 5.75 Å². The normalized spacial score (nSPS) is 11.4. The van der Waals surface area contributed by atoms with Crippen LogP contribution in [0.15, 0.2) is 42.5 Å². The fourth-order valence-corrected chi connectivity index (χ4v) is 2.17. The number of amides is 1. The van der Waals surface area contributed by atoms with Gasteiger partial charge in [-0.3, -0.25) is 4.79 Å². The van der Waals surface area contributed by atoms with Crippen molar-refractivity contribution in [2.24, 2.45) is 0 Å². The maximum atomic E-state index is 13.8. The first-order valence-corrected chi connectivity index (χ1v) is 7.93. The van der Waals surface area contributed by atoms with E-state index >= 15 is 0 Å². The Morgan fingerprint density at radius 1 is 1.24 bits per heavy atom. The molecule has 0 aliphatic rings. The van der Waals surface area contributed by atoms with Gasteiger partial charge < -0.3 is 10.1 Å². The molecule has 0 aliphatic carbocycles. The van der Waals surface area contributed by atoms with E-state index in [0.29, 0.717) is 24.0 Å². The lowest BCUT2D eigenvalue weighted by molar-refractivity contribution is 0.0944. The summed E-state index contributed by atoms with van der Waals surface area (Å²) < 4.78 is 32.3. The Labute approximate surface area is 145 Å². The number of unbranched alkanes of at least 4 members (excludes halogenated alkanes) is 1. The van der Waals surface area contributed by atoms with Gasteiger partial charge in [-0.25, -0.2) is 8.78 Å². The minimum Gasteiger partial charge on any atom is -0.494 e. The number of rotatable bonds is 7. The molecular weight excluding hydrogens is 326 g/mol. The summed E-state index contributed by atoms with van der Waals surface area (Å²) >= 11 is 0. The Balaban J connectivity index is 2.05. The molecule has 0 radical (unpaired) electrons. The summed E-state index contributed by atoms with van der Waals surface area (Å²) in [7, 11) is 0. The van der Waals surface area contributed by atoms with Crippen LogP contribution in [0.1, 0.15) is 41.7 Å². The van der Waals surface area contributed by atoms with Gasteiger partial charge in [0.05, 0.1) is 12.7 Å². The minimum atomic E-state index is -1.21. The molecule has 0 aliphatic heterocycles. The highest BCUT2D eigenvalue weighted by molar-refractivity contribution is 5.94. The van der Waals surface area contributed by atoms with Crippen molar-refractivity contribution in [3.05, 3.63) is 65.2 Å². The molecular formula is C19H18F2N2O2. The van der Waals surface area contributed by atoms with E-state index < -0.39 is 23.6 Å². The Morgan fingerprint density at radius 2 is 1.96 bits per heavy atom. The third-order valence-corrected chi connectivity index (χ3v) is 3.56. The molecule has 2 aromatic carbocycles.